The molecular formula is C10H10BrFO3. The second kappa shape index (κ2) is 5.70. The molecule has 0 N–H and O–H groups in total. The lowest BCUT2D eigenvalue weighted by Crippen LogP contribution is -2.07. The van der Waals surface area contributed by atoms with Crippen LogP contribution in [0.3, 0.4) is 0 Å². The Morgan fingerprint density at radius 3 is 2.87 bits per heavy atom. The zero-order valence-electron chi connectivity index (χ0n) is 8.13. The van der Waals surface area contributed by atoms with E-state index >= 15 is 0 Å². The largest absolute Gasteiger partial charge is 0.493 e. The summed E-state index contributed by atoms with van der Waals surface area (Å²) in [5, 5.41) is 0. The molecule has 0 amide bonds. The van der Waals surface area contributed by atoms with Crippen molar-refractivity contribution in [3.63, 3.8) is 0 Å². The van der Waals surface area contributed by atoms with Crippen molar-refractivity contribution in [3.8, 4) is 5.75 Å². The lowest BCUT2D eigenvalue weighted by molar-refractivity contribution is -0.141. The van der Waals surface area contributed by atoms with Gasteiger partial charge in [-0.2, -0.15) is 0 Å². The topological polar surface area (TPSA) is 35.5 Å². The highest BCUT2D eigenvalue weighted by molar-refractivity contribution is 9.10. The van der Waals surface area contributed by atoms with Crippen LogP contribution in [0.4, 0.5) is 4.39 Å². The van der Waals surface area contributed by atoms with Gasteiger partial charge in [-0.25, -0.2) is 4.39 Å². The second-order valence-electron chi connectivity index (χ2n) is 2.75. The molecule has 0 spiro atoms. The second-order valence-corrected chi connectivity index (χ2v) is 3.60. The fourth-order valence-electron chi connectivity index (χ4n) is 0.921. The van der Waals surface area contributed by atoms with Gasteiger partial charge in [-0.3, -0.25) is 4.79 Å². The standard InChI is InChI=1S/C10H10BrFO3/c1-14-10(13)4-5-15-7-2-3-9(12)8(11)6-7/h2-3,6H,4-5H2,1H3. The van der Waals surface area contributed by atoms with Gasteiger partial charge in [-0.05, 0) is 34.1 Å². The Kier molecular flexibility index (Phi) is 4.55. The molecule has 0 aliphatic carbocycles. The number of halogens is 2. The van der Waals surface area contributed by atoms with Gasteiger partial charge in [-0.1, -0.05) is 0 Å². The lowest BCUT2D eigenvalue weighted by atomic mass is 10.3. The summed E-state index contributed by atoms with van der Waals surface area (Å²) in [6.07, 6.45) is 0.172. The van der Waals surface area contributed by atoms with Crippen LogP contribution in [0.25, 0.3) is 0 Å². The minimum absolute atomic E-state index is 0.172. The highest BCUT2D eigenvalue weighted by Crippen LogP contribution is 2.21. The average Bonchev–Trinajstić information content (AvgIpc) is 2.23. The maximum absolute atomic E-state index is 12.8. The first-order valence-corrected chi connectivity index (χ1v) is 5.07. The SMILES string of the molecule is COC(=O)CCOc1ccc(F)c(Br)c1. The van der Waals surface area contributed by atoms with E-state index < -0.39 is 0 Å². The van der Waals surface area contributed by atoms with Crippen molar-refractivity contribution in [1.82, 2.24) is 0 Å². The molecule has 3 nitrogen and oxygen atoms in total. The molecule has 0 aliphatic rings. The highest BCUT2D eigenvalue weighted by atomic mass is 79.9. The Bertz CT molecular complexity index is 355. The van der Waals surface area contributed by atoms with Crippen LogP contribution in [0.1, 0.15) is 6.42 Å². The van der Waals surface area contributed by atoms with E-state index in [0.717, 1.165) is 0 Å². The van der Waals surface area contributed by atoms with Gasteiger partial charge in [0.25, 0.3) is 0 Å². The molecule has 15 heavy (non-hydrogen) atoms. The molecule has 0 bridgehead atoms. The zero-order chi connectivity index (χ0) is 11.3. The summed E-state index contributed by atoms with van der Waals surface area (Å²) < 4.78 is 22.8. The molecular weight excluding hydrogens is 267 g/mol. The predicted molar refractivity (Wildman–Crippen MR) is 56.2 cm³/mol. The summed E-state index contributed by atoms with van der Waals surface area (Å²) in [6, 6.07) is 4.29. The summed E-state index contributed by atoms with van der Waals surface area (Å²) in [5.74, 6) is -0.182. The van der Waals surface area contributed by atoms with Crippen molar-refractivity contribution in [1.29, 1.82) is 0 Å². The number of rotatable bonds is 4. The van der Waals surface area contributed by atoms with E-state index in [9.17, 15) is 9.18 Å². The molecule has 1 aromatic carbocycles. The third kappa shape index (κ3) is 3.87. The summed E-state index contributed by atoms with van der Waals surface area (Å²) in [6.45, 7) is 0.213. The average molecular weight is 277 g/mol. The van der Waals surface area contributed by atoms with Gasteiger partial charge in [0.1, 0.15) is 11.6 Å². The Morgan fingerprint density at radius 1 is 1.53 bits per heavy atom. The molecule has 0 radical (unpaired) electrons. The third-order valence-corrected chi connectivity index (χ3v) is 2.30. The molecule has 0 saturated heterocycles. The monoisotopic (exact) mass is 276 g/mol. The van der Waals surface area contributed by atoms with Gasteiger partial charge in [0.2, 0.25) is 0 Å². The molecule has 0 unspecified atom stereocenters. The minimum atomic E-state index is -0.352. The van der Waals surface area contributed by atoms with Gasteiger partial charge in [-0.15, -0.1) is 0 Å². The van der Waals surface area contributed by atoms with E-state index in [2.05, 4.69) is 20.7 Å². The molecule has 0 saturated carbocycles. The van der Waals surface area contributed by atoms with Gasteiger partial charge < -0.3 is 9.47 Å². The molecule has 5 heteroatoms. The van der Waals surface area contributed by atoms with Crippen LogP contribution in [0, 0.1) is 5.82 Å². The summed E-state index contributed by atoms with van der Waals surface area (Å²) in [7, 11) is 1.32. The van der Waals surface area contributed by atoms with E-state index in [1.807, 2.05) is 0 Å². The maximum atomic E-state index is 12.8. The number of hydrogen-bond acceptors (Lipinski definition) is 3. The van der Waals surface area contributed by atoms with Gasteiger partial charge in [0, 0.05) is 0 Å². The summed E-state index contributed by atoms with van der Waals surface area (Å²) in [4.78, 5) is 10.8. The van der Waals surface area contributed by atoms with Crippen molar-refractivity contribution < 1.29 is 18.7 Å². The number of hydrogen-bond donors (Lipinski definition) is 0. The van der Waals surface area contributed by atoms with Crippen LogP contribution in [0.2, 0.25) is 0 Å². The number of ether oxygens (including phenoxy) is 2. The number of benzene rings is 1. The molecule has 1 aromatic rings. The molecule has 1 rings (SSSR count). The minimum Gasteiger partial charge on any atom is -0.493 e. The first-order chi connectivity index (χ1) is 7.13. The van der Waals surface area contributed by atoms with E-state index in [1.54, 1.807) is 0 Å². The smallest absolute Gasteiger partial charge is 0.308 e. The quantitative estimate of drug-likeness (QED) is 0.793. The van der Waals surface area contributed by atoms with E-state index in [4.69, 9.17) is 4.74 Å². The fraction of sp³-hybridized carbons (Fsp3) is 0.300. The van der Waals surface area contributed by atoms with Gasteiger partial charge >= 0.3 is 5.97 Å². The van der Waals surface area contributed by atoms with Crippen molar-refractivity contribution >= 4 is 21.9 Å². The Morgan fingerprint density at radius 2 is 2.27 bits per heavy atom. The summed E-state index contributed by atoms with van der Waals surface area (Å²) >= 11 is 3.03. The first-order valence-electron chi connectivity index (χ1n) is 4.28. The zero-order valence-corrected chi connectivity index (χ0v) is 9.71. The lowest BCUT2D eigenvalue weighted by Gasteiger charge is -2.05. The molecule has 0 aliphatic heterocycles. The van der Waals surface area contributed by atoms with Crippen LogP contribution < -0.4 is 4.74 Å². The van der Waals surface area contributed by atoms with Crippen LogP contribution in [0.5, 0.6) is 5.75 Å². The third-order valence-electron chi connectivity index (χ3n) is 1.69. The molecule has 0 atom stereocenters. The van der Waals surface area contributed by atoms with Crippen molar-refractivity contribution in [2.24, 2.45) is 0 Å². The van der Waals surface area contributed by atoms with Crippen LogP contribution >= 0.6 is 15.9 Å². The first kappa shape index (κ1) is 12.0. The van der Waals surface area contributed by atoms with Gasteiger partial charge in [0.15, 0.2) is 0 Å². The maximum Gasteiger partial charge on any atom is 0.308 e. The van der Waals surface area contributed by atoms with E-state index in [1.165, 1.54) is 25.3 Å². The number of carbonyl (C=O) groups is 1. The Labute approximate surface area is 95.3 Å². The number of carbonyl (C=O) groups excluding carboxylic acids is 1. The number of esters is 1. The van der Waals surface area contributed by atoms with Crippen LogP contribution in [0.15, 0.2) is 22.7 Å². The normalized spacial score (nSPS) is 9.80. The predicted octanol–water partition coefficient (Wildman–Crippen LogP) is 2.53. The summed E-state index contributed by atoms with van der Waals surface area (Å²) in [5.41, 5.74) is 0. The molecule has 0 fully saturated rings. The van der Waals surface area contributed by atoms with Crippen molar-refractivity contribution in [3.05, 3.63) is 28.5 Å². The number of methoxy groups -OCH3 is 1. The highest BCUT2D eigenvalue weighted by Gasteiger charge is 2.03. The van der Waals surface area contributed by atoms with Crippen LogP contribution in [-0.2, 0) is 9.53 Å². The van der Waals surface area contributed by atoms with E-state index in [-0.39, 0.29) is 24.8 Å². The van der Waals surface area contributed by atoms with Crippen molar-refractivity contribution in [2.45, 2.75) is 6.42 Å². The van der Waals surface area contributed by atoms with Crippen molar-refractivity contribution in [2.75, 3.05) is 13.7 Å². The van der Waals surface area contributed by atoms with Gasteiger partial charge in [0.05, 0.1) is 24.6 Å². The fourth-order valence-corrected chi connectivity index (χ4v) is 1.28. The molecule has 0 heterocycles. The molecule has 0 aromatic heterocycles. The van der Waals surface area contributed by atoms with E-state index in [0.29, 0.717) is 10.2 Å². The Hall–Kier alpha value is -1.10. The molecule has 82 valence electrons. The van der Waals surface area contributed by atoms with Crippen LogP contribution in [-0.4, -0.2) is 19.7 Å². The Balaban J connectivity index is 2.44.